The minimum atomic E-state index is -4.99. The molecule has 3 amide bonds. The highest BCUT2D eigenvalue weighted by atomic mass is 32.1. The maximum atomic E-state index is 14.4. The Hall–Kier alpha value is -3.62. The molecule has 3 fully saturated rings. The number of amides is 3. The Balaban J connectivity index is 1.22. The molecule has 4 heterocycles. The molecule has 1 unspecified atom stereocenters. The van der Waals surface area contributed by atoms with Crippen molar-refractivity contribution < 1.29 is 33.1 Å². The molecule has 3 aliphatic rings. The van der Waals surface area contributed by atoms with E-state index < -0.39 is 31.5 Å². The SMILES string of the molecule is CCC[C@H]1CC[C@H](NC(=O)c2cc3cc(C(F)P(=O)(O)O)ccc3s2)C(=O)N2[C@H](CC[C@H]2C(=O)N2C[C@@H](C#N)[C@H](c3ccccc3)C2)C1. The number of alkyl halides is 1. The van der Waals surface area contributed by atoms with Crippen molar-refractivity contribution in [3.63, 3.8) is 0 Å². The second-order valence-electron chi connectivity index (χ2n) is 13.3. The standard InChI is InChI=1S/C35H40FN4O6PS/c1-2-6-21-9-12-28(38-33(41)31-17-24-16-23(10-14-30(24)48-31)32(36)47(44,45)46)34(42)40-26(15-21)11-13-29(40)35(43)39-19-25(18-37)27(20-39)22-7-4-3-5-8-22/h3-5,7-8,10,14,16-17,21,25-29,32H,2,6,9,11-13,15,19-20H2,1H3,(H,38,41)(H2,44,45,46)/t21-,25+,26+,27-,28-,29-,32?/m0/s1. The summed E-state index contributed by atoms with van der Waals surface area (Å²) in [5.74, 6) is -3.48. The van der Waals surface area contributed by atoms with E-state index in [4.69, 9.17) is 0 Å². The molecule has 0 aliphatic carbocycles. The lowest BCUT2D eigenvalue weighted by atomic mass is 9.86. The van der Waals surface area contributed by atoms with Crippen LogP contribution in [0.5, 0.6) is 0 Å². The number of halogens is 1. The molecule has 0 saturated carbocycles. The molecule has 1 aromatic heterocycles. The van der Waals surface area contributed by atoms with Crippen molar-refractivity contribution in [2.24, 2.45) is 11.8 Å². The molecular weight excluding hydrogens is 654 g/mol. The third kappa shape index (κ3) is 6.92. The van der Waals surface area contributed by atoms with Gasteiger partial charge in [0, 0.05) is 29.7 Å². The number of nitrogens with zero attached hydrogens (tertiary/aromatic N) is 3. The lowest BCUT2D eigenvalue weighted by molar-refractivity contribution is -0.147. The Bertz CT molecular complexity index is 1780. The van der Waals surface area contributed by atoms with Crippen LogP contribution in [0.3, 0.4) is 0 Å². The molecule has 10 nitrogen and oxygen atoms in total. The number of carbonyl (C=O) groups excluding carboxylic acids is 3. The van der Waals surface area contributed by atoms with E-state index in [2.05, 4.69) is 18.3 Å². The zero-order chi connectivity index (χ0) is 34.2. The molecule has 2 aromatic carbocycles. The molecule has 6 rings (SSSR count). The Kier molecular flexibility index (Phi) is 10.0. The van der Waals surface area contributed by atoms with Crippen LogP contribution in [0.4, 0.5) is 4.39 Å². The molecule has 3 aliphatic heterocycles. The van der Waals surface area contributed by atoms with Crippen LogP contribution in [0.2, 0.25) is 0 Å². The minimum Gasteiger partial charge on any atom is -0.340 e. The first-order valence-corrected chi connectivity index (χ1v) is 19.1. The maximum absolute atomic E-state index is 14.4. The summed E-state index contributed by atoms with van der Waals surface area (Å²) in [5, 5.41) is 13.3. The predicted molar refractivity (Wildman–Crippen MR) is 180 cm³/mol. The van der Waals surface area contributed by atoms with Gasteiger partial charge in [-0.05, 0) is 72.7 Å². The fourth-order valence-electron chi connectivity index (χ4n) is 7.81. The molecule has 13 heteroatoms. The van der Waals surface area contributed by atoms with Gasteiger partial charge in [-0.2, -0.15) is 5.26 Å². The van der Waals surface area contributed by atoms with Gasteiger partial charge in [-0.1, -0.05) is 56.2 Å². The number of likely N-dealkylation sites (tertiary alicyclic amines) is 1. The Morgan fingerprint density at radius 1 is 1.10 bits per heavy atom. The minimum absolute atomic E-state index is 0.105. The molecule has 3 N–H and O–H groups in total. The Morgan fingerprint density at radius 2 is 1.88 bits per heavy atom. The summed E-state index contributed by atoms with van der Waals surface area (Å²) in [5.41, 5.74) is 0.836. The summed E-state index contributed by atoms with van der Waals surface area (Å²) in [7, 11) is -4.99. The smallest absolute Gasteiger partial charge is 0.340 e. The largest absolute Gasteiger partial charge is 0.363 e. The van der Waals surface area contributed by atoms with Crippen LogP contribution in [0.25, 0.3) is 10.1 Å². The monoisotopic (exact) mass is 694 g/mol. The highest BCUT2D eigenvalue weighted by molar-refractivity contribution is 7.51. The first-order valence-electron chi connectivity index (χ1n) is 16.6. The van der Waals surface area contributed by atoms with Crippen molar-refractivity contribution in [2.75, 3.05) is 13.1 Å². The van der Waals surface area contributed by atoms with E-state index in [0.29, 0.717) is 48.4 Å². The molecule has 7 atom stereocenters. The molecule has 0 radical (unpaired) electrons. The summed E-state index contributed by atoms with van der Waals surface area (Å²) in [4.78, 5) is 64.3. The molecule has 0 spiro atoms. The van der Waals surface area contributed by atoms with Gasteiger partial charge in [0.25, 0.3) is 5.91 Å². The van der Waals surface area contributed by atoms with Crippen LogP contribution in [0, 0.1) is 23.2 Å². The van der Waals surface area contributed by atoms with Crippen molar-refractivity contribution in [1.29, 1.82) is 5.26 Å². The number of carbonyl (C=O) groups is 3. The second-order valence-corrected chi connectivity index (χ2v) is 16.0. The zero-order valence-corrected chi connectivity index (χ0v) is 28.4. The number of hydrogen-bond donors (Lipinski definition) is 3. The summed E-state index contributed by atoms with van der Waals surface area (Å²) in [6.07, 6.45) is 5.19. The van der Waals surface area contributed by atoms with Gasteiger partial charge in [0.15, 0.2) is 0 Å². The molecular formula is C35H40FN4O6PS. The van der Waals surface area contributed by atoms with Crippen LogP contribution in [0.15, 0.2) is 54.6 Å². The van der Waals surface area contributed by atoms with Crippen molar-refractivity contribution in [1.82, 2.24) is 15.1 Å². The van der Waals surface area contributed by atoms with Gasteiger partial charge in [0.2, 0.25) is 17.7 Å². The van der Waals surface area contributed by atoms with Gasteiger partial charge in [0.05, 0.1) is 16.9 Å². The van der Waals surface area contributed by atoms with E-state index in [1.165, 1.54) is 24.3 Å². The quantitative estimate of drug-likeness (QED) is 0.250. The Morgan fingerprint density at radius 3 is 2.58 bits per heavy atom. The number of fused-ring (bicyclic) bond motifs is 2. The maximum Gasteiger partial charge on any atom is 0.363 e. The van der Waals surface area contributed by atoms with E-state index in [1.807, 2.05) is 30.3 Å². The van der Waals surface area contributed by atoms with Crippen LogP contribution in [-0.4, -0.2) is 68.5 Å². The van der Waals surface area contributed by atoms with Crippen molar-refractivity contribution in [3.05, 3.63) is 70.6 Å². The van der Waals surface area contributed by atoms with Gasteiger partial charge in [-0.15, -0.1) is 11.3 Å². The number of nitriles is 1. The summed E-state index contributed by atoms with van der Waals surface area (Å²) in [6, 6.07) is 16.2. The second kappa shape index (κ2) is 14.1. The molecule has 3 saturated heterocycles. The predicted octanol–water partition coefficient (Wildman–Crippen LogP) is 5.87. The average Bonchev–Trinajstić information content (AvgIpc) is 3.81. The van der Waals surface area contributed by atoms with Crippen molar-refractivity contribution in [2.45, 2.75) is 81.8 Å². The lowest BCUT2D eigenvalue weighted by Crippen LogP contribution is -2.57. The first kappa shape index (κ1) is 34.3. The molecule has 254 valence electrons. The lowest BCUT2D eigenvalue weighted by Gasteiger charge is -2.38. The fraction of sp³-hybridized carbons (Fsp3) is 0.486. The van der Waals surface area contributed by atoms with E-state index in [0.717, 1.165) is 42.6 Å². The molecule has 0 bridgehead atoms. The van der Waals surface area contributed by atoms with Crippen LogP contribution < -0.4 is 5.32 Å². The van der Waals surface area contributed by atoms with Crippen molar-refractivity contribution >= 4 is 46.7 Å². The number of thiophene rings is 1. The van der Waals surface area contributed by atoms with Crippen LogP contribution in [0.1, 0.15) is 84.5 Å². The molecule has 48 heavy (non-hydrogen) atoms. The fourth-order valence-corrected chi connectivity index (χ4v) is 9.31. The number of benzene rings is 2. The third-order valence-electron chi connectivity index (χ3n) is 10.2. The summed E-state index contributed by atoms with van der Waals surface area (Å²) >= 11 is 1.14. The van der Waals surface area contributed by atoms with Gasteiger partial charge in [-0.3, -0.25) is 18.9 Å². The zero-order valence-electron chi connectivity index (χ0n) is 26.7. The summed E-state index contributed by atoms with van der Waals surface area (Å²) < 4.78 is 26.4. The number of nitrogens with one attached hydrogen (secondary N) is 1. The van der Waals surface area contributed by atoms with Crippen molar-refractivity contribution in [3.8, 4) is 6.07 Å². The number of rotatable bonds is 8. The van der Waals surface area contributed by atoms with Crippen LogP contribution >= 0.6 is 18.9 Å². The van der Waals surface area contributed by atoms with E-state index in [1.54, 1.807) is 9.80 Å². The van der Waals surface area contributed by atoms with E-state index >= 15 is 0 Å². The normalized spacial score (nSPS) is 26.9. The average molecular weight is 695 g/mol. The van der Waals surface area contributed by atoms with E-state index in [-0.39, 0.29) is 40.1 Å². The van der Waals surface area contributed by atoms with Gasteiger partial charge in [0.1, 0.15) is 12.1 Å². The van der Waals surface area contributed by atoms with Crippen LogP contribution in [-0.2, 0) is 14.2 Å². The topological polar surface area (TPSA) is 151 Å². The van der Waals surface area contributed by atoms with E-state index in [9.17, 15) is 38.4 Å². The molecule has 3 aromatic rings. The highest BCUT2D eigenvalue weighted by Gasteiger charge is 2.48. The van der Waals surface area contributed by atoms with Gasteiger partial charge < -0.3 is 24.9 Å². The highest BCUT2D eigenvalue weighted by Crippen LogP contribution is 2.53. The number of hydrogen-bond acceptors (Lipinski definition) is 6. The Labute approximate surface area is 283 Å². The first-order chi connectivity index (χ1) is 23.0. The third-order valence-corrected chi connectivity index (χ3v) is 12.2. The van der Waals surface area contributed by atoms with Gasteiger partial charge >= 0.3 is 7.60 Å². The summed E-state index contributed by atoms with van der Waals surface area (Å²) in [6.45, 7) is 2.84. The van der Waals surface area contributed by atoms with Gasteiger partial charge in [-0.25, -0.2) is 4.39 Å².